The maximum Gasteiger partial charge on any atom is 0.262 e. The van der Waals surface area contributed by atoms with Gasteiger partial charge in [0.15, 0.2) is 0 Å². The number of hydrazone groups is 1. The smallest absolute Gasteiger partial charge is 0.262 e. The predicted molar refractivity (Wildman–Crippen MR) is 114 cm³/mol. The average molecular weight is 412 g/mol. The number of methoxy groups -OCH3 is 2. The summed E-state index contributed by atoms with van der Waals surface area (Å²) in [6, 6.07) is 9.06. The van der Waals surface area contributed by atoms with Crippen LogP contribution in [0, 0.1) is 0 Å². The molecule has 2 aromatic rings. The molecule has 1 aliphatic heterocycles. The lowest BCUT2D eigenvalue weighted by atomic mass is 9.99. The van der Waals surface area contributed by atoms with Crippen LogP contribution in [0.4, 0.5) is 0 Å². The number of ether oxygens (including phenoxy) is 2. The van der Waals surface area contributed by atoms with E-state index in [-0.39, 0.29) is 24.4 Å². The van der Waals surface area contributed by atoms with Crippen LogP contribution in [-0.2, 0) is 16.6 Å². The van der Waals surface area contributed by atoms with Crippen molar-refractivity contribution >= 4 is 17.5 Å². The standard InChI is InChI=1S/C22H28N4O4/c1-6-21(27)25(3)14-22(28)26-19(13-17(23-26)18-8-7-11-24(18)2)16-12-15(29-4)9-10-20(16)30-5/h7-12,19H,6,13-14H2,1-5H3/t19-/m0/s1. The fourth-order valence-corrected chi connectivity index (χ4v) is 3.63. The van der Waals surface area contributed by atoms with Crippen molar-refractivity contribution in [2.45, 2.75) is 25.8 Å². The Labute approximate surface area is 176 Å². The van der Waals surface area contributed by atoms with Crippen LogP contribution < -0.4 is 9.47 Å². The Morgan fingerprint density at radius 3 is 2.60 bits per heavy atom. The number of aromatic nitrogens is 1. The third kappa shape index (κ3) is 4.17. The molecule has 2 heterocycles. The first kappa shape index (κ1) is 21.4. The molecule has 1 aromatic heterocycles. The number of hydrogen-bond acceptors (Lipinski definition) is 5. The summed E-state index contributed by atoms with van der Waals surface area (Å²) in [5.41, 5.74) is 2.55. The van der Waals surface area contributed by atoms with E-state index in [1.807, 2.05) is 48.1 Å². The number of carbonyl (C=O) groups excluding carboxylic acids is 2. The van der Waals surface area contributed by atoms with Crippen LogP contribution in [-0.4, -0.2) is 59.8 Å². The molecule has 30 heavy (non-hydrogen) atoms. The van der Waals surface area contributed by atoms with Gasteiger partial charge < -0.3 is 18.9 Å². The molecule has 8 heteroatoms. The van der Waals surface area contributed by atoms with Gasteiger partial charge in [0.05, 0.1) is 31.7 Å². The highest BCUT2D eigenvalue weighted by molar-refractivity contribution is 6.02. The Morgan fingerprint density at radius 2 is 2.00 bits per heavy atom. The summed E-state index contributed by atoms with van der Waals surface area (Å²) in [4.78, 5) is 26.6. The second-order valence-corrected chi connectivity index (χ2v) is 7.22. The van der Waals surface area contributed by atoms with Gasteiger partial charge in [0.1, 0.15) is 18.0 Å². The van der Waals surface area contributed by atoms with Gasteiger partial charge in [-0.15, -0.1) is 0 Å². The molecule has 8 nitrogen and oxygen atoms in total. The molecule has 1 aromatic carbocycles. The summed E-state index contributed by atoms with van der Waals surface area (Å²) in [6.45, 7) is 1.73. The summed E-state index contributed by atoms with van der Waals surface area (Å²) in [7, 11) is 6.76. The Morgan fingerprint density at radius 1 is 1.23 bits per heavy atom. The molecule has 3 rings (SSSR count). The second-order valence-electron chi connectivity index (χ2n) is 7.22. The Bertz CT molecular complexity index is 966. The average Bonchev–Trinajstić information content (AvgIpc) is 3.38. The molecule has 0 N–H and O–H groups in total. The molecule has 0 saturated heterocycles. The summed E-state index contributed by atoms with van der Waals surface area (Å²) >= 11 is 0. The van der Waals surface area contributed by atoms with Crippen molar-refractivity contribution in [3.63, 3.8) is 0 Å². The lowest BCUT2D eigenvalue weighted by Gasteiger charge is -2.26. The molecule has 0 fully saturated rings. The lowest BCUT2D eigenvalue weighted by molar-refractivity contribution is -0.140. The van der Waals surface area contributed by atoms with Gasteiger partial charge in [0.2, 0.25) is 5.91 Å². The highest BCUT2D eigenvalue weighted by Crippen LogP contribution is 2.39. The van der Waals surface area contributed by atoms with E-state index in [1.165, 1.54) is 9.91 Å². The molecule has 0 spiro atoms. The van der Waals surface area contributed by atoms with Crippen molar-refractivity contribution in [2.75, 3.05) is 27.8 Å². The van der Waals surface area contributed by atoms with Crippen LogP contribution in [0.3, 0.4) is 0 Å². The molecule has 0 aliphatic carbocycles. The zero-order valence-electron chi connectivity index (χ0n) is 18.1. The van der Waals surface area contributed by atoms with Crippen LogP contribution in [0.2, 0.25) is 0 Å². The van der Waals surface area contributed by atoms with Crippen LogP contribution >= 0.6 is 0 Å². The van der Waals surface area contributed by atoms with Gasteiger partial charge in [-0.1, -0.05) is 6.92 Å². The zero-order valence-corrected chi connectivity index (χ0v) is 18.1. The highest BCUT2D eigenvalue weighted by Gasteiger charge is 2.36. The molecular weight excluding hydrogens is 384 g/mol. The van der Waals surface area contributed by atoms with Gasteiger partial charge in [-0.25, -0.2) is 5.01 Å². The van der Waals surface area contributed by atoms with Crippen molar-refractivity contribution in [1.29, 1.82) is 0 Å². The van der Waals surface area contributed by atoms with Crippen molar-refractivity contribution in [2.24, 2.45) is 12.1 Å². The molecule has 0 radical (unpaired) electrons. The SMILES string of the molecule is CCC(=O)N(C)CC(=O)N1N=C(c2cccn2C)C[C@H]1c1cc(OC)ccc1OC. The molecule has 0 unspecified atom stereocenters. The van der Waals surface area contributed by atoms with Gasteiger partial charge in [0.25, 0.3) is 5.91 Å². The quantitative estimate of drug-likeness (QED) is 0.700. The van der Waals surface area contributed by atoms with Crippen molar-refractivity contribution < 1.29 is 19.1 Å². The summed E-state index contributed by atoms with van der Waals surface area (Å²) in [6.07, 6.45) is 2.81. The Hall–Kier alpha value is -3.29. The first-order chi connectivity index (χ1) is 14.4. The topological polar surface area (TPSA) is 76.4 Å². The van der Waals surface area contributed by atoms with Crippen LogP contribution in [0.25, 0.3) is 0 Å². The van der Waals surface area contributed by atoms with Gasteiger partial charge in [-0.2, -0.15) is 5.10 Å². The van der Waals surface area contributed by atoms with E-state index in [1.54, 1.807) is 28.2 Å². The van der Waals surface area contributed by atoms with E-state index in [0.717, 1.165) is 17.0 Å². The minimum atomic E-state index is -0.363. The molecule has 0 bridgehead atoms. The van der Waals surface area contributed by atoms with E-state index >= 15 is 0 Å². The van der Waals surface area contributed by atoms with E-state index in [9.17, 15) is 9.59 Å². The summed E-state index contributed by atoms with van der Waals surface area (Å²) < 4.78 is 12.9. The third-order valence-electron chi connectivity index (χ3n) is 5.30. The fourth-order valence-electron chi connectivity index (χ4n) is 3.63. The summed E-state index contributed by atoms with van der Waals surface area (Å²) in [5, 5.41) is 6.13. The Kier molecular flexibility index (Phi) is 6.44. The third-order valence-corrected chi connectivity index (χ3v) is 5.30. The maximum atomic E-state index is 13.2. The van der Waals surface area contributed by atoms with Gasteiger partial charge in [0, 0.05) is 38.7 Å². The van der Waals surface area contributed by atoms with Gasteiger partial charge in [-0.05, 0) is 30.3 Å². The number of likely N-dealkylation sites (N-methyl/N-ethyl adjacent to an activating group) is 1. The largest absolute Gasteiger partial charge is 0.497 e. The first-order valence-corrected chi connectivity index (χ1v) is 9.86. The number of benzene rings is 1. The number of rotatable bonds is 7. The molecule has 0 saturated carbocycles. The maximum absolute atomic E-state index is 13.2. The molecule has 160 valence electrons. The van der Waals surface area contributed by atoms with E-state index in [0.29, 0.717) is 24.3 Å². The molecule has 2 amide bonds. The number of hydrogen-bond donors (Lipinski definition) is 0. The first-order valence-electron chi connectivity index (χ1n) is 9.86. The number of carbonyl (C=O) groups is 2. The van der Waals surface area contributed by atoms with Crippen molar-refractivity contribution in [3.8, 4) is 11.5 Å². The van der Waals surface area contributed by atoms with E-state index in [4.69, 9.17) is 9.47 Å². The predicted octanol–water partition coefficient (Wildman–Crippen LogP) is 2.59. The molecule has 1 atom stereocenters. The zero-order chi connectivity index (χ0) is 21.8. The lowest BCUT2D eigenvalue weighted by Crippen LogP contribution is -2.39. The highest BCUT2D eigenvalue weighted by atomic mass is 16.5. The molecular formula is C22H28N4O4. The van der Waals surface area contributed by atoms with Crippen molar-refractivity contribution in [1.82, 2.24) is 14.5 Å². The Balaban J connectivity index is 2.00. The minimum Gasteiger partial charge on any atom is -0.497 e. The minimum absolute atomic E-state index is 0.0423. The van der Waals surface area contributed by atoms with Crippen LogP contribution in [0.1, 0.15) is 37.1 Å². The number of nitrogens with zero attached hydrogens (tertiary/aromatic N) is 4. The van der Waals surface area contributed by atoms with Crippen molar-refractivity contribution in [3.05, 3.63) is 47.8 Å². The second kappa shape index (κ2) is 9.02. The number of aryl methyl sites for hydroxylation is 1. The normalized spacial score (nSPS) is 15.7. The van der Waals surface area contributed by atoms with Crippen LogP contribution in [0.5, 0.6) is 11.5 Å². The fraction of sp³-hybridized carbons (Fsp3) is 0.409. The van der Waals surface area contributed by atoms with Crippen LogP contribution in [0.15, 0.2) is 41.6 Å². The summed E-state index contributed by atoms with van der Waals surface area (Å²) in [5.74, 6) is 0.979. The van der Waals surface area contributed by atoms with E-state index < -0.39 is 0 Å². The molecule has 1 aliphatic rings. The van der Waals surface area contributed by atoms with Gasteiger partial charge in [-0.3, -0.25) is 9.59 Å². The van der Waals surface area contributed by atoms with E-state index in [2.05, 4.69) is 5.10 Å². The monoisotopic (exact) mass is 412 g/mol. The van der Waals surface area contributed by atoms with Gasteiger partial charge >= 0.3 is 0 Å². The number of amides is 2.